The molecule has 0 N–H and O–H groups in total. The van der Waals surface area contributed by atoms with Gasteiger partial charge in [-0.05, 0) is 103 Å². The van der Waals surface area contributed by atoms with Gasteiger partial charge in [0.25, 0.3) is 0 Å². The highest BCUT2D eigenvalue weighted by atomic mass is 19.4. The van der Waals surface area contributed by atoms with Crippen molar-refractivity contribution in [1.82, 2.24) is 0 Å². The van der Waals surface area contributed by atoms with Crippen molar-refractivity contribution in [3.8, 4) is 0 Å². The van der Waals surface area contributed by atoms with Gasteiger partial charge in [0.1, 0.15) is 22.3 Å². The van der Waals surface area contributed by atoms with Crippen LogP contribution >= 0.6 is 0 Å². The molecular formula is C54H34F6N2O2. The van der Waals surface area contributed by atoms with Gasteiger partial charge < -0.3 is 18.6 Å². The number of fused-ring (bicyclic) bond motifs is 10. The van der Waals surface area contributed by atoms with Crippen LogP contribution in [-0.2, 0) is 12.4 Å². The quantitative estimate of drug-likeness (QED) is 0.156. The number of rotatable bonds is 6. The van der Waals surface area contributed by atoms with Crippen LogP contribution in [0.4, 0.5) is 60.5 Å². The Bertz CT molecular complexity index is 3490. The minimum absolute atomic E-state index is 0.312. The van der Waals surface area contributed by atoms with E-state index in [0.717, 1.165) is 90.2 Å². The highest BCUT2D eigenvalue weighted by Crippen LogP contribution is 2.49. The number of aryl methyl sites for hydroxylation is 2. The summed E-state index contributed by atoms with van der Waals surface area (Å²) >= 11 is 0. The Hall–Kier alpha value is -7.72. The summed E-state index contributed by atoms with van der Waals surface area (Å²) in [6, 6.07) is 49.7. The molecule has 0 fully saturated rings. The highest BCUT2D eigenvalue weighted by Gasteiger charge is 2.32. The first-order valence-corrected chi connectivity index (χ1v) is 20.5. The van der Waals surface area contributed by atoms with Crippen molar-refractivity contribution in [2.24, 2.45) is 0 Å². The summed E-state index contributed by atoms with van der Waals surface area (Å²) in [5.41, 5.74) is 7.02. The summed E-state index contributed by atoms with van der Waals surface area (Å²) < 4.78 is 95.6. The Labute approximate surface area is 361 Å². The maximum absolute atomic E-state index is 13.7. The molecule has 2 heterocycles. The lowest BCUT2D eigenvalue weighted by molar-refractivity contribution is -0.138. The molecule has 11 aromatic rings. The molecule has 0 radical (unpaired) electrons. The number of hydrogen-bond donors (Lipinski definition) is 0. The zero-order valence-electron chi connectivity index (χ0n) is 34.1. The zero-order valence-corrected chi connectivity index (χ0v) is 34.1. The molecule has 0 aliphatic heterocycles. The maximum atomic E-state index is 13.7. The van der Waals surface area contributed by atoms with Crippen LogP contribution in [0.3, 0.4) is 0 Å². The van der Waals surface area contributed by atoms with Gasteiger partial charge in [0, 0.05) is 73.3 Å². The number of halogens is 6. The van der Waals surface area contributed by atoms with E-state index in [0.29, 0.717) is 44.8 Å². The zero-order chi connectivity index (χ0) is 44.1. The third-order valence-corrected chi connectivity index (χ3v) is 12.0. The monoisotopic (exact) mass is 856 g/mol. The second-order valence-corrected chi connectivity index (χ2v) is 16.1. The number of hydrogen-bond acceptors (Lipinski definition) is 4. The molecule has 0 atom stereocenters. The first-order valence-electron chi connectivity index (χ1n) is 20.5. The maximum Gasteiger partial charge on any atom is 0.416 e. The summed E-state index contributed by atoms with van der Waals surface area (Å²) in [5.74, 6) is 0. The molecule has 9 aromatic carbocycles. The molecule has 64 heavy (non-hydrogen) atoms. The Morgan fingerprint density at radius 2 is 0.672 bits per heavy atom. The van der Waals surface area contributed by atoms with Gasteiger partial charge in [-0.25, -0.2) is 0 Å². The summed E-state index contributed by atoms with van der Waals surface area (Å²) in [6.45, 7) is 4.14. The Morgan fingerprint density at radius 1 is 0.344 bits per heavy atom. The lowest BCUT2D eigenvalue weighted by Gasteiger charge is -2.27. The van der Waals surface area contributed by atoms with Gasteiger partial charge in [0.15, 0.2) is 0 Å². The van der Waals surface area contributed by atoms with E-state index in [9.17, 15) is 26.3 Å². The van der Waals surface area contributed by atoms with Crippen LogP contribution in [0.15, 0.2) is 179 Å². The minimum Gasteiger partial charge on any atom is -0.456 e. The predicted molar refractivity (Wildman–Crippen MR) is 245 cm³/mol. The normalized spacial score (nSPS) is 12.4. The number of alkyl halides is 6. The van der Waals surface area contributed by atoms with Crippen molar-refractivity contribution in [2.75, 3.05) is 9.80 Å². The van der Waals surface area contributed by atoms with E-state index in [1.807, 2.05) is 42.5 Å². The van der Waals surface area contributed by atoms with E-state index in [2.05, 4.69) is 91.5 Å². The van der Waals surface area contributed by atoms with E-state index in [1.165, 1.54) is 24.3 Å². The first-order chi connectivity index (χ1) is 30.8. The molecule has 0 amide bonds. The molecule has 0 unspecified atom stereocenters. The molecule has 0 aliphatic carbocycles. The van der Waals surface area contributed by atoms with Crippen LogP contribution in [-0.4, -0.2) is 0 Å². The lowest BCUT2D eigenvalue weighted by atomic mass is 9.98. The van der Waals surface area contributed by atoms with E-state index in [4.69, 9.17) is 8.83 Å². The predicted octanol–water partition coefficient (Wildman–Crippen LogP) is 17.4. The molecular weight excluding hydrogens is 823 g/mol. The SMILES string of the molecule is Cc1ccc(N(c2ccc(C)cc2)c2cc3oc4cc5oc6cc(N(c7ccc(C(F)(F)F)cc7)c7ccc(C(F)(F)F)cc7)c7ccccc7c6c5cc4c3c3ccccc23)cc1. The van der Waals surface area contributed by atoms with E-state index in [1.54, 1.807) is 11.0 Å². The fraction of sp³-hybridized carbons (Fsp3) is 0.0741. The van der Waals surface area contributed by atoms with Crippen LogP contribution in [0, 0.1) is 13.8 Å². The van der Waals surface area contributed by atoms with E-state index in [-0.39, 0.29) is 0 Å². The number of anilines is 6. The Balaban J connectivity index is 1.13. The average Bonchev–Trinajstić information content (AvgIpc) is 3.83. The van der Waals surface area contributed by atoms with Crippen LogP contribution in [0.2, 0.25) is 0 Å². The van der Waals surface area contributed by atoms with Crippen molar-refractivity contribution in [1.29, 1.82) is 0 Å². The summed E-state index contributed by atoms with van der Waals surface area (Å²) in [7, 11) is 0. The van der Waals surface area contributed by atoms with Gasteiger partial charge in [-0.1, -0.05) is 83.9 Å². The van der Waals surface area contributed by atoms with Crippen LogP contribution in [0.1, 0.15) is 22.3 Å². The lowest BCUT2D eigenvalue weighted by Crippen LogP contribution is -2.12. The molecule has 0 bridgehead atoms. The van der Waals surface area contributed by atoms with Gasteiger partial charge >= 0.3 is 12.4 Å². The third kappa shape index (κ3) is 6.47. The summed E-state index contributed by atoms with van der Waals surface area (Å²) in [6.07, 6.45) is -9.17. The summed E-state index contributed by atoms with van der Waals surface area (Å²) in [5, 5.41) is 6.96. The van der Waals surface area contributed by atoms with Crippen LogP contribution < -0.4 is 9.80 Å². The molecule has 0 saturated heterocycles. The molecule has 2 aromatic heterocycles. The van der Waals surface area contributed by atoms with Crippen molar-refractivity contribution >= 4 is 99.5 Å². The fourth-order valence-corrected chi connectivity index (χ4v) is 8.95. The molecule has 0 saturated carbocycles. The molecule has 0 aliphatic rings. The smallest absolute Gasteiger partial charge is 0.416 e. The number of benzene rings is 9. The molecule has 4 nitrogen and oxygen atoms in total. The minimum atomic E-state index is -4.58. The summed E-state index contributed by atoms with van der Waals surface area (Å²) in [4.78, 5) is 3.89. The standard InChI is InChI=1S/C54H34F6N2O2/c1-31-11-19-35(20-12-31)61(36-21-13-32(2)14-22-36)45-28-49-51(41-9-5-3-7-39(41)45)43-27-44-48(30-47(43)63-49)64-50-29-46(40-8-4-6-10-42(40)52(44)50)62(37-23-15-33(16-24-37)53(55,56)57)38-25-17-34(18-26-38)54(58,59)60/h3-30H,1-2H3. The van der Waals surface area contributed by atoms with Crippen LogP contribution in [0.25, 0.3) is 65.4 Å². The highest BCUT2D eigenvalue weighted by molar-refractivity contribution is 6.28. The van der Waals surface area contributed by atoms with E-state index < -0.39 is 23.5 Å². The third-order valence-electron chi connectivity index (χ3n) is 12.0. The van der Waals surface area contributed by atoms with Crippen LogP contribution in [0.5, 0.6) is 0 Å². The topological polar surface area (TPSA) is 32.8 Å². The van der Waals surface area contributed by atoms with Crippen molar-refractivity contribution < 1.29 is 35.2 Å². The van der Waals surface area contributed by atoms with Gasteiger partial charge in [0.2, 0.25) is 0 Å². The molecule has 10 heteroatoms. The van der Waals surface area contributed by atoms with E-state index >= 15 is 0 Å². The van der Waals surface area contributed by atoms with Gasteiger partial charge in [-0.15, -0.1) is 0 Å². The van der Waals surface area contributed by atoms with Crippen molar-refractivity contribution in [3.63, 3.8) is 0 Å². The van der Waals surface area contributed by atoms with Gasteiger partial charge in [0.05, 0.1) is 22.5 Å². The average molecular weight is 857 g/mol. The Morgan fingerprint density at radius 3 is 1.02 bits per heavy atom. The molecule has 0 spiro atoms. The van der Waals surface area contributed by atoms with Crippen molar-refractivity contribution in [3.05, 3.63) is 192 Å². The largest absolute Gasteiger partial charge is 0.456 e. The second kappa shape index (κ2) is 14.4. The fourth-order valence-electron chi connectivity index (χ4n) is 8.95. The first kappa shape index (κ1) is 39.1. The van der Waals surface area contributed by atoms with Crippen molar-refractivity contribution in [2.45, 2.75) is 26.2 Å². The second-order valence-electron chi connectivity index (χ2n) is 16.1. The molecule has 314 valence electrons. The van der Waals surface area contributed by atoms with Gasteiger partial charge in [-0.2, -0.15) is 26.3 Å². The number of nitrogens with zero attached hydrogens (tertiary/aromatic N) is 2. The Kier molecular flexibility index (Phi) is 8.82. The molecule has 11 rings (SSSR count). The number of furan rings is 2. The van der Waals surface area contributed by atoms with Gasteiger partial charge in [-0.3, -0.25) is 0 Å².